The number of fused-ring (bicyclic) bond motifs is 3. The van der Waals surface area contributed by atoms with E-state index in [1.165, 1.54) is 77.1 Å². The first kappa shape index (κ1) is 35.9. The third-order valence-corrected chi connectivity index (χ3v) is 16.3. The molecule has 1 aliphatic rings. The van der Waals surface area contributed by atoms with Gasteiger partial charge in [0.1, 0.15) is 12.4 Å². The molecular weight excluding hydrogens is 637 g/mol. The predicted molar refractivity (Wildman–Crippen MR) is 223 cm³/mol. The van der Waals surface area contributed by atoms with Crippen molar-refractivity contribution in [1.29, 1.82) is 0 Å². The van der Waals surface area contributed by atoms with Crippen molar-refractivity contribution in [2.45, 2.75) is 91.5 Å². The number of aryl methyl sites for hydroxylation is 3. The monoisotopic (exact) mass is 691 g/mol. The number of hydrogen-bond acceptors (Lipinski definition) is 1. The molecule has 1 radical (unpaired) electrons. The Morgan fingerprint density at radius 2 is 1.24 bits per heavy atom. The van der Waals surface area contributed by atoms with Crippen LogP contribution in [0.25, 0.3) is 33.4 Å². The highest BCUT2D eigenvalue weighted by atomic mass is 28.3. The Bertz CT molecular complexity index is 1960. The maximum Gasteiger partial charge on any atom is 0.122 e. The molecule has 0 heterocycles. The van der Waals surface area contributed by atoms with Crippen LogP contribution in [0, 0.1) is 6.92 Å². The molecule has 0 aromatic heterocycles. The van der Waals surface area contributed by atoms with Gasteiger partial charge in [0.05, 0.1) is 16.9 Å². The molecule has 0 aliphatic heterocycles. The van der Waals surface area contributed by atoms with Crippen LogP contribution in [0.3, 0.4) is 0 Å². The largest absolute Gasteiger partial charge is 0.489 e. The molecular formula is C47H55OSi2. The second-order valence-corrected chi connectivity index (χ2v) is 23.1. The lowest BCUT2D eigenvalue weighted by atomic mass is 9.85. The fourth-order valence-corrected chi connectivity index (χ4v) is 14.0. The number of benzene rings is 5. The molecule has 0 atom stereocenters. The Labute approximate surface area is 305 Å². The minimum atomic E-state index is -2.37. The van der Waals surface area contributed by atoms with E-state index in [1.54, 1.807) is 0 Å². The number of rotatable bonds is 10. The van der Waals surface area contributed by atoms with E-state index in [-0.39, 0.29) is 11.0 Å². The van der Waals surface area contributed by atoms with Gasteiger partial charge in [-0.05, 0) is 91.6 Å². The Balaban J connectivity index is 1.64. The maximum absolute atomic E-state index is 6.88. The van der Waals surface area contributed by atoms with Gasteiger partial charge in [0.25, 0.3) is 0 Å². The van der Waals surface area contributed by atoms with Gasteiger partial charge in [-0.2, -0.15) is 0 Å². The molecule has 1 nitrogen and oxygen atoms in total. The molecule has 0 fully saturated rings. The summed E-state index contributed by atoms with van der Waals surface area (Å²) in [6, 6.07) is 35.2. The van der Waals surface area contributed by atoms with Crippen LogP contribution in [-0.2, 0) is 18.3 Å². The lowest BCUT2D eigenvalue weighted by Crippen LogP contribution is -2.51. The normalized spacial score (nSPS) is 13.0. The maximum atomic E-state index is 6.88. The van der Waals surface area contributed by atoms with Crippen molar-refractivity contribution in [3.8, 4) is 39.1 Å². The van der Waals surface area contributed by atoms with Crippen LogP contribution in [0.15, 0.2) is 104 Å². The molecule has 0 saturated heterocycles. The van der Waals surface area contributed by atoms with Crippen LogP contribution in [0.2, 0.25) is 26.2 Å². The van der Waals surface area contributed by atoms with Crippen molar-refractivity contribution in [3.63, 3.8) is 0 Å². The Hall–Kier alpha value is -3.93. The molecule has 5 aromatic carbocycles. The van der Waals surface area contributed by atoms with Gasteiger partial charge in [-0.25, -0.2) is 0 Å². The first-order valence-electron chi connectivity index (χ1n) is 18.5. The summed E-state index contributed by atoms with van der Waals surface area (Å²) < 4.78 is 6.88. The third-order valence-electron chi connectivity index (χ3n) is 10.8. The minimum absolute atomic E-state index is 0.0561. The van der Waals surface area contributed by atoms with E-state index >= 15 is 0 Å². The van der Waals surface area contributed by atoms with Crippen LogP contribution in [0.4, 0.5) is 0 Å². The smallest absolute Gasteiger partial charge is 0.122 e. The molecule has 0 unspecified atom stereocenters. The first-order chi connectivity index (χ1) is 23.8. The van der Waals surface area contributed by atoms with Crippen LogP contribution >= 0.6 is 0 Å². The minimum Gasteiger partial charge on any atom is -0.489 e. The van der Waals surface area contributed by atoms with Crippen molar-refractivity contribution in [2.75, 3.05) is 6.61 Å². The average Bonchev–Trinajstić information content (AvgIpc) is 3.43. The second kappa shape index (κ2) is 14.0. The molecule has 3 heteroatoms. The standard InChI is InChI=1S/C47H55OSi2/c1-12-25-48-44-42(26-31(4)45(49(8)9)43(44)47(5,6)7)50(10,11)46-40-29-36(34-19-15-17-32(13-2)27-34)21-23-38(40)39-24-22-37(30-41(39)46)35-20-16-18-33(14-3)28-35/h12,15-24,26-30,46H,1,13-14,25H2,2-11H3. The second-order valence-electron chi connectivity index (χ2n) is 16.0. The fraction of sp³-hybridized carbons (Fsp3) is 0.319. The highest BCUT2D eigenvalue weighted by Gasteiger charge is 2.45. The van der Waals surface area contributed by atoms with Gasteiger partial charge < -0.3 is 4.74 Å². The van der Waals surface area contributed by atoms with Crippen molar-refractivity contribution < 1.29 is 4.74 Å². The van der Waals surface area contributed by atoms with E-state index in [9.17, 15) is 0 Å². The van der Waals surface area contributed by atoms with Gasteiger partial charge in [-0.3, -0.25) is 0 Å². The SMILES string of the molecule is C=CCOc1c([Si](C)(C)C2c3cc(-c4cccc(CC)c4)ccc3-c3ccc(-c4cccc(CC)c4)cc32)cc(C)c([Si](C)C)c1C(C)(C)C. The average molecular weight is 692 g/mol. The van der Waals surface area contributed by atoms with Crippen LogP contribution in [-0.4, -0.2) is 23.5 Å². The first-order valence-corrected chi connectivity index (χ1v) is 24.1. The van der Waals surface area contributed by atoms with E-state index in [0.717, 1.165) is 18.6 Å². The summed E-state index contributed by atoms with van der Waals surface area (Å²) in [5.74, 6) is 1.12. The summed E-state index contributed by atoms with van der Waals surface area (Å²) in [4.78, 5) is 0. The van der Waals surface area contributed by atoms with Crippen LogP contribution in [0.5, 0.6) is 5.75 Å². The molecule has 0 bridgehead atoms. The molecule has 0 spiro atoms. The van der Waals surface area contributed by atoms with Crippen molar-refractivity contribution in [2.24, 2.45) is 0 Å². The summed E-state index contributed by atoms with van der Waals surface area (Å²) in [6.45, 7) is 28.5. The van der Waals surface area contributed by atoms with E-state index in [2.05, 4.69) is 165 Å². The third kappa shape index (κ3) is 6.51. The highest BCUT2D eigenvalue weighted by Crippen LogP contribution is 2.51. The Morgan fingerprint density at radius 1 is 0.740 bits per heavy atom. The van der Waals surface area contributed by atoms with Gasteiger partial charge in [0.2, 0.25) is 0 Å². The molecule has 50 heavy (non-hydrogen) atoms. The summed E-state index contributed by atoms with van der Waals surface area (Å²) in [5, 5.41) is 2.95. The van der Waals surface area contributed by atoms with E-state index in [1.807, 2.05) is 6.08 Å². The summed E-state index contributed by atoms with van der Waals surface area (Å²) in [6.07, 6.45) is 3.97. The zero-order chi connectivity index (χ0) is 36.0. The fourth-order valence-electron chi connectivity index (χ4n) is 8.43. The van der Waals surface area contributed by atoms with Gasteiger partial charge in [0.15, 0.2) is 0 Å². The number of hydrogen-bond donors (Lipinski definition) is 0. The van der Waals surface area contributed by atoms with Gasteiger partial charge in [-0.1, -0.05) is 175 Å². The lowest BCUT2D eigenvalue weighted by Gasteiger charge is -2.38. The lowest BCUT2D eigenvalue weighted by molar-refractivity contribution is 0.354. The summed E-state index contributed by atoms with van der Waals surface area (Å²) in [7, 11) is -3.13. The molecule has 1 aliphatic carbocycles. The molecule has 0 amide bonds. The van der Waals surface area contributed by atoms with Crippen LogP contribution in [0.1, 0.15) is 73.5 Å². The Kier molecular flexibility index (Phi) is 10.0. The van der Waals surface area contributed by atoms with Gasteiger partial charge >= 0.3 is 0 Å². The predicted octanol–water partition coefficient (Wildman–Crippen LogP) is 11.5. The molecule has 257 valence electrons. The quantitative estimate of drug-likeness (QED) is 0.105. The summed E-state index contributed by atoms with van der Waals surface area (Å²) in [5.41, 5.74) is 16.6. The zero-order valence-corrected chi connectivity index (χ0v) is 34.1. The van der Waals surface area contributed by atoms with E-state index in [0.29, 0.717) is 6.61 Å². The molecule has 5 aromatic rings. The van der Waals surface area contributed by atoms with Gasteiger partial charge in [-0.15, -0.1) is 0 Å². The van der Waals surface area contributed by atoms with Crippen molar-refractivity contribution in [1.82, 2.24) is 0 Å². The van der Waals surface area contributed by atoms with Gasteiger partial charge in [0, 0.05) is 5.54 Å². The topological polar surface area (TPSA) is 9.23 Å². The molecule has 0 N–H and O–H groups in total. The van der Waals surface area contributed by atoms with Crippen molar-refractivity contribution >= 4 is 27.2 Å². The zero-order valence-electron chi connectivity index (χ0n) is 32.1. The van der Waals surface area contributed by atoms with Crippen LogP contribution < -0.4 is 15.1 Å². The number of ether oxygens (including phenoxy) is 1. The van der Waals surface area contributed by atoms with E-state index < -0.39 is 16.9 Å². The highest BCUT2D eigenvalue weighted by molar-refractivity contribution is 6.92. The Morgan fingerprint density at radius 3 is 1.68 bits per heavy atom. The van der Waals surface area contributed by atoms with Crippen molar-refractivity contribution in [3.05, 3.63) is 137 Å². The van der Waals surface area contributed by atoms with E-state index in [4.69, 9.17) is 4.74 Å². The summed E-state index contributed by atoms with van der Waals surface area (Å²) >= 11 is 0. The molecule has 6 rings (SSSR count). The molecule has 0 saturated carbocycles.